The molecule has 1 aromatic carbocycles. The quantitative estimate of drug-likeness (QED) is 0.849. The molecule has 1 aliphatic carbocycles. The Balaban J connectivity index is 1.58. The summed E-state index contributed by atoms with van der Waals surface area (Å²) in [4.78, 5) is 14.2. The van der Waals surface area contributed by atoms with Crippen LogP contribution in [-0.2, 0) is 16.0 Å². The molecule has 2 aliphatic rings. The highest BCUT2D eigenvalue weighted by Gasteiger charge is 2.32. The van der Waals surface area contributed by atoms with Crippen LogP contribution in [0.15, 0.2) is 24.3 Å². The number of morpholine rings is 1. The van der Waals surface area contributed by atoms with E-state index in [-0.39, 0.29) is 23.7 Å². The molecular weight excluding hydrogens is 257 g/mol. The molecule has 2 fully saturated rings. The number of nitrogens with zero attached hydrogens (tertiary/aromatic N) is 1. The van der Waals surface area contributed by atoms with Gasteiger partial charge in [0.2, 0.25) is 5.91 Å². The second-order valence-electron chi connectivity index (χ2n) is 5.74. The van der Waals surface area contributed by atoms with Crippen molar-refractivity contribution in [2.45, 2.75) is 31.8 Å². The molecule has 1 amide bonds. The van der Waals surface area contributed by atoms with Crippen molar-refractivity contribution in [2.75, 3.05) is 19.7 Å². The number of benzene rings is 1. The Morgan fingerprint density at radius 1 is 1.40 bits per heavy atom. The topological polar surface area (TPSA) is 29.5 Å². The van der Waals surface area contributed by atoms with E-state index >= 15 is 0 Å². The van der Waals surface area contributed by atoms with E-state index in [1.54, 1.807) is 6.07 Å². The molecule has 1 aromatic rings. The number of hydrogen-bond donors (Lipinski definition) is 0. The maximum atomic E-state index is 13.2. The van der Waals surface area contributed by atoms with Gasteiger partial charge in [-0.3, -0.25) is 4.79 Å². The Kier molecular flexibility index (Phi) is 4.01. The first-order chi connectivity index (χ1) is 9.72. The van der Waals surface area contributed by atoms with Gasteiger partial charge in [-0.25, -0.2) is 4.39 Å². The summed E-state index contributed by atoms with van der Waals surface area (Å²) in [6.07, 6.45) is 3.88. The zero-order valence-corrected chi connectivity index (χ0v) is 11.6. The van der Waals surface area contributed by atoms with Crippen molar-refractivity contribution < 1.29 is 13.9 Å². The van der Waals surface area contributed by atoms with Gasteiger partial charge >= 0.3 is 0 Å². The van der Waals surface area contributed by atoms with Gasteiger partial charge in [-0.05, 0) is 30.5 Å². The summed E-state index contributed by atoms with van der Waals surface area (Å²) in [6, 6.07) is 6.59. The summed E-state index contributed by atoms with van der Waals surface area (Å²) in [5, 5.41) is 0. The highest BCUT2D eigenvalue weighted by Crippen LogP contribution is 2.29. The van der Waals surface area contributed by atoms with Gasteiger partial charge in [-0.1, -0.05) is 18.6 Å². The van der Waals surface area contributed by atoms with E-state index < -0.39 is 0 Å². The number of rotatable bonds is 3. The standard InChI is InChI=1S/C16H20FNO2/c17-14-6-1-3-12(9-14)10-15-11-18(7-8-20-15)16(19)13-4-2-5-13/h1,3,6,9,13,15H,2,4-5,7-8,10-11H2/t15-/m1/s1. The molecule has 0 spiro atoms. The molecule has 0 aromatic heterocycles. The third kappa shape index (κ3) is 3.01. The van der Waals surface area contributed by atoms with Crippen molar-refractivity contribution in [3.8, 4) is 0 Å². The Morgan fingerprint density at radius 3 is 2.95 bits per heavy atom. The summed E-state index contributed by atoms with van der Waals surface area (Å²) in [7, 11) is 0. The fraction of sp³-hybridized carbons (Fsp3) is 0.562. The first-order valence-corrected chi connectivity index (χ1v) is 7.37. The van der Waals surface area contributed by atoms with Crippen LogP contribution in [0, 0.1) is 11.7 Å². The number of carbonyl (C=O) groups excluding carboxylic acids is 1. The van der Waals surface area contributed by atoms with Crippen molar-refractivity contribution in [1.29, 1.82) is 0 Å². The lowest BCUT2D eigenvalue weighted by molar-refractivity contribution is -0.145. The van der Waals surface area contributed by atoms with Gasteiger partial charge in [0.1, 0.15) is 5.82 Å². The fourth-order valence-corrected chi connectivity index (χ4v) is 2.88. The second kappa shape index (κ2) is 5.92. The van der Waals surface area contributed by atoms with Crippen molar-refractivity contribution in [3.05, 3.63) is 35.6 Å². The Bertz CT molecular complexity index is 487. The third-order valence-electron chi connectivity index (χ3n) is 4.26. The Hall–Kier alpha value is -1.42. The lowest BCUT2D eigenvalue weighted by atomic mass is 9.84. The van der Waals surface area contributed by atoms with E-state index in [1.165, 1.54) is 18.6 Å². The van der Waals surface area contributed by atoms with E-state index in [0.717, 1.165) is 18.4 Å². The van der Waals surface area contributed by atoms with Crippen LogP contribution in [0.1, 0.15) is 24.8 Å². The predicted molar refractivity (Wildman–Crippen MR) is 73.8 cm³/mol. The zero-order valence-electron chi connectivity index (χ0n) is 11.6. The highest BCUT2D eigenvalue weighted by atomic mass is 19.1. The minimum absolute atomic E-state index is 0.0189. The van der Waals surface area contributed by atoms with Crippen molar-refractivity contribution in [2.24, 2.45) is 5.92 Å². The maximum absolute atomic E-state index is 13.2. The van der Waals surface area contributed by atoms with Crippen LogP contribution < -0.4 is 0 Å². The van der Waals surface area contributed by atoms with Crippen LogP contribution in [0.3, 0.4) is 0 Å². The summed E-state index contributed by atoms with van der Waals surface area (Å²) < 4.78 is 18.9. The fourth-order valence-electron chi connectivity index (χ4n) is 2.88. The molecule has 20 heavy (non-hydrogen) atoms. The van der Waals surface area contributed by atoms with Crippen LogP contribution in [0.4, 0.5) is 4.39 Å². The summed E-state index contributed by atoms with van der Waals surface area (Å²) in [5.41, 5.74) is 0.924. The molecule has 108 valence electrons. The normalized spacial score (nSPS) is 23.4. The first kappa shape index (κ1) is 13.6. The van der Waals surface area contributed by atoms with Gasteiger partial charge in [0.25, 0.3) is 0 Å². The summed E-state index contributed by atoms with van der Waals surface area (Å²) in [6.45, 7) is 1.90. The maximum Gasteiger partial charge on any atom is 0.225 e. The number of amides is 1. The SMILES string of the molecule is O=C(C1CCC1)N1CCO[C@H](Cc2cccc(F)c2)C1. The number of ether oxygens (including phenoxy) is 1. The van der Waals surface area contributed by atoms with Crippen LogP contribution >= 0.6 is 0 Å². The van der Waals surface area contributed by atoms with E-state index in [1.807, 2.05) is 11.0 Å². The van der Waals surface area contributed by atoms with Gasteiger partial charge in [-0.2, -0.15) is 0 Å². The second-order valence-corrected chi connectivity index (χ2v) is 5.74. The predicted octanol–water partition coefficient (Wildman–Crippen LogP) is 2.40. The van der Waals surface area contributed by atoms with Gasteiger partial charge in [-0.15, -0.1) is 0 Å². The van der Waals surface area contributed by atoms with E-state index in [9.17, 15) is 9.18 Å². The average Bonchev–Trinajstić information content (AvgIpc) is 2.37. The van der Waals surface area contributed by atoms with Crippen LogP contribution in [0.25, 0.3) is 0 Å². The Morgan fingerprint density at radius 2 is 2.25 bits per heavy atom. The summed E-state index contributed by atoms with van der Waals surface area (Å²) >= 11 is 0. The smallest absolute Gasteiger partial charge is 0.225 e. The van der Waals surface area contributed by atoms with Crippen LogP contribution in [-0.4, -0.2) is 36.6 Å². The minimum atomic E-state index is -0.222. The highest BCUT2D eigenvalue weighted by molar-refractivity contribution is 5.79. The molecule has 0 bridgehead atoms. The van der Waals surface area contributed by atoms with Crippen molar-refractivity contribution in [1.82, 2.24) is 4.90 Å². The molecule has 1 atom stereocenters. The van der Waals surface area contributed by atoms with Gasteiger partial charge in [0, 0.05) is 25.4 Å². The van der Waals surface area contributed by atoms with Gasteiger partial charge < -0.3 is 9.64 Å². The molecule has 0 unspecified atom stereocenters. The van der Waals surface area contributed by atoms with Gasteiger partial charge in [0.15, 0.2) is 0 Å². The molecule has 1 aliphatic heterocycles. The molecular formula is C16H20FNO2. The van der Waals surface area contributed by atoms with E-state index in [0.29, 0.717) is 26.1 Å². The molecule has 1 saturated heterocycles. The number of carbonyl (C=O) groups is 1. The average molecular weight is 277 g/mol. The van der Waals surface area contributed by atoms with Gasteiger partial charge in [0.05, 0.1) is 12.7 Å². The molecule has 0 radical (unpaired) electrons. The van der Waals surface area contributed by atoms with Crippen molar-refractivity contribution in [3.63, 3.8) is 0 Å². The monoisotopic (exact) mass is 277 g/mol. The lowest BCUT2D eigenvalue weighted by Crippen LogP contribution is -2.49. The molecule has 1 heterocycles. The lowest BCUT2D eigenvalue weighted by Gasteiger charge is -2.37. The number of halogens is 1. The number of hydrogen-bond acceptors (Lipinski definition) is 2. The van der Waals surface area contributed by atoms with E-state index in [2.05, 4.69) is 0 Å². The van der Waals surface area contributed by atoms with Crippen LogP contribution in [0.5, 0.6) is 0 Å². The molecule has 3 rings (SSSR count). The zero-order chi connectivity index (χ0) is 13.9. The summed E-state index contributed by atoms with van der Waals surface area (Å²) in [5.74, 6) is 0.299. The van der Waals surface area contributed by atoms with Crippen LogP contribution in [0.2, 0.25) is 0 Å². The first-order valence-electron chi connectivity index (χ1n) is 7.37. The molecule has 1 saturated carbocycles. The van der Waals surface area contributed by atoms with Crippen molar-refractivity contribution >= 4 is 5.91 Å². The minimum Gasteiger partial charge on any atom is -0.374 e. The molecule has 0 N–H and O–H groups in total. The molecule has 3 nitrogen and oxygen atoms in total. The third-order valence-corrected chi connectivity index (χ3v) is 4.26. The largest absolute Gasteiger partial charge is 0.374 e. The molecule has 4 heteroatoms. The Labute approximate surface area is 118 Å². The van der Waals surface area contributed by atoms with E-state index in [4.69, 9.17) is 4.74 Å².